The van der Waals surface area contributed by atoms with E-state index in [9.17, 15) is 4.39 Å². The van der Waals surface area contributed by atoms with Crippen LogP contribution in [0.25, 0.3) is 0 Å². The Hall–Kier alpha value is -0.600. The molecule has 0 amide bonds. The van der Waals surface area contributed by atoms with Gasteiger partial charge in [0.05, 0.1) is 0 Å². The molecule has 1 heterocycles. The Morgan fingerprint density at radius 1 is 1.41 bits per heavy atom. The van der Waals surface area contributed by atoms with Gasteiger partial charge in [0.1, 0.15) is 5.82 Å². The van der Waals surface area contributed by atoms with Gasteiger partial charge in [-0.1, -0.05) is 19.1 Å². The van der Waals surface area contributed by atoms with Gasteiger partial charge in [0.25, 0.3) is 0 Å². The second kappa shape index (κ2) is 6.97. The molecule has 1 atom stereocenters. The molecule has 0 spiro atoms. The molecule has 3 heteroatoms. The van der Waals surface area contributed by atoms with Crippen LogP contribution >= 0.6 is 12.4 Å². The Morgan fingerprint density at radius 2 is 2.24 bits per heavy atom. The van der Waals surface area contributed by atoms with E-state index in [4.69, 9.17) is 0 Å². The zero-order valence-corrected chi connectivity index (χ0v) is 11.2. The molecule has 0 saturated carbocycles. The van der Waals surface area contributed by atoms with Crippen LogP contribution in [0.15, 0.2) is 24.3 Å². The van der Waals surface area contributed by atoms with Gasteiger partial charge < -0.3 is 4.90 Å². The summed E-state index contributed by atoms with van der Waals surface area (Å²) >= 11 is 0. The van der Waals surface area contributed by atoms with E-state index < -0.39 is 0 Å². The number of benzene rings is 1. The molecule has 0 radical (unpaired) electrons. The van der Waals surface area contributed by atoms with E-state index >= 15 is 0 Å². The minimum Gasteiger partial charge on any atom is -0.303 e. The maximum absolute atomic E-state index is 13.2. The summed E-state index contributed by atoms with van der Waals surface area (Å²) in [6.45, 7) is 5.69. The molecule has 0 aromatic heterocycles. The monoisotopic (exact) mass is 257 g/mol. The Morgan fingerprint density at radius 3 is 2.94 bits per heavy atom. The van der Waals surface area contributed by atoms with Crippen LogP contribution in [-0.4, -0.2) is 24.5 Å². The third-order valence-electron chi connectivity index (χ3n) is 3.37. The first kappa shape index (κ1) is 14.5. The second-order valence-corrected chi connectivity index (χ2v) is 4.69. The normalized spacial score (nSPS) is 20.9. The van der Waals surface area contributed by atoms with Crippen molar-refractivity contribution < 1.29 is 4.39 Å². The third kappa shape index (κ3) is 3.97. The van der Waals surface area contributed by atoms with Crippen molar-refractivity contribution in [2.24, 2.45) is 0 Å². The van der Waals surface area contributed by atoms with Crippen LogP contribution in [0.3, 0.4) is 0 Å². The molecule has 1 saturated heterocycles. The highest BCUT2D eigenvalue weighted by Crippen LogP contribution is 2.27. The highest BCUT2D eigenvalue weighted by Gasteiger charge is 2.20. The van der Waals surface area contributed by atoms with Gasteiger partial charge in [0, 0.05) is 6.54 Å². The van der Waals surface area contributed by atoms with Crippen molar-refractivity contribution in [1.29, 1.82) is 0 Å². The lowest BCUT2D eigenvalue weighted by Crippen LogP contribution is -2.34. The summed E-state index contributed by atoms with van der Waals surface area (Å²) in [6, 6.07) is 7.10. The van der Waals surface area contributed by atoms with Crippen LogP contribution in [0, 0.1) is 5.82 Å². The number of rotatable bonds is 3. The highest BCUT2D eigenvalue weighted by atomic mass is 35.5. The van der Waals surface area contributed by atoms with Gasteiger partial charge in [0.2, 0.25) is 0 Å². The summed E-state index contributed by atoms with van der Waals surface area (Å²) in [5.41, 5.74) is 1.17. The van der Waals surface area contributed by atoms with Crippen molar-refractivity contribution in [3.05, 3.63) is 35.6 Å². The first-order valence-corrected chi connectivity index (χ1v) is 6.27. The molecule has 0 N–H and O–H groups in total. The smallest absolute Gasteiger partial charge is 0.123 e. The van der Waals surface area contributed by atoms with Crippen LogP contribution in [0.1, 0.15) is 37.7 Å². The van der Waals surface area contributed by atoms with Gasteiger partial charge >= 0.3 is 0 Å². The molecule has 1 aromatic carbocycles. The summed E-state index contributed by atoms with van der Waals surface area (Å²) in [6.07, 6.45) is 3.64. The van der Waals surface area contributed by atoms with Gasteiger partial charge in [-0.25, -0.2) is 4.39 Å². The fourth-order valence-corrected chi connectivity index (χ4v) is 2.61. The summed E-state index contributed by atoms with van der Waals surface area (Å²) in [4.78, 5) is 2.50. The summed E-state index contributed by atoms with van der Waals surface area (Å²) in [5, 5.41) is 0. The highest BCUT2D eigenvalue weighted by molar-refractivity contribution is 5.85. The molecule has 1 aliphatic rings. The predicted molar refractivity (Wildman–Crippen MR) is 72.4 cm³/mol. The molecule has 1 fully saturated rings. The molecule has 17 heavy (non-hydrogen) atoms. The van der Waals surface area contributed by atoms with Crippen molar-refractivity contribution in [3.8, 4) is 0 Å². The summed E-state index contributed by atoms with van der Waals surface area (Å²) in [7, 11) is 0. The number of hydrogen-bond acceptors (Lipinski definition) is 1. The van der Waals surface area contributed by atoms with Gasteiger partial charge in [0.15, 0.2) is 0 Å². The molecule has 96 valence electrons. The lowest BCUT2D eigenvalue weighted by Gasteiger charge is -2.32. The molecule has 0 unspecified atom stereocenters. The minimum absolute atomic E-state index is 0. The van der Waals surface area contributed by atoms with Gasteiger partial charge in [-0.2, -0.15) is 0 Å². The SMILES string of the molecule is CCCN1CCC[C@@H](c2cccc(F)c2)C1.Cl. The van der Waals surface area contributed by atoms with Crippen LogP contribution in [0.5, 0.6) is 0 Å². The maximum atomic E-state index is 13.2. The van der Waals surface area contributed by atoms with E-state index in [0.717, 1.165) is 6.54 Å². The molecular weight excluding hydrogens is 237 g/mol. The maximum Gasteiger partial charge on any atom is 0.123 e. The average Bonchev–Trinajstić information content (AvgIpc) is 2.30. The van der Waals surface area contributed by atoms with E-state index in [1.165, 1.54) is 44.0 Å². The largest absolute Gasteiger partial charge is 0.303 e. The fourth-order valence-electron chi connectivity index (χ4n) is 2.61. The van der Waals surface area contributed by atoms with Gasteiger partial charge in [-0.3, -0.25) is 0 Å². The van der Waals surface area contributed by atoms with E-state index in [1.807, 2.05) is 6.07 Å². The number of likely N-dealkylation sites (tertiary alicyclic amines) is 1. The van der Waals surface area contributed by atoms with E-state index in [0.29, 0.717) is 5.92 Å². The zero-order chi connectivity index (χ0) is 11.4. The topological polar surface area (TPSA) is 3.24 Å². The van der Waals surface area contributed by atoms with Crippen molar-refractivity contribution in [2.45, 2.75) is 32.1 Å². The van der Waals surface area contributed by atoms with E-state index in [1.54, 1.807) is 6.07 Å². The van der Waals surface area contributed by atoms with Crippen molar-refractivity contribution in [2.75, 3.05) is 19.6 Å². The average molecular weight is 258 g/mol. The molecular formula is C14H21ClFN. The summed E-state index contributed by atoms with van der Waals surface area (Å²) < 4.78 is 13.2. The molecule has 1 nitrogen and oxygen atoms in total. The molecule has 0 aliphatic carbocycles. The number of nitrogens with zero attached hydrogens (tertiary/aromatic N) is 1. The third-order valence-corrected chi connectivity index (χ3v) is 3.37. The van der Waals surface area contributed by atoms with Crippen molar-refractivity contribution >= 4 is 12.4 Å². The first-order chi connectivity index (χ1) is 7.79. The van der Waals surface area contributed by atoms with Crippen LogP contribution in [-0.2, 0) is 0 Å². The molecule has 1 aliphatic heterocycles. The Balaban J connectivity index is 0.00000144. The fraction of sp³-hybridized carbons (Fsp3) is 0.571. The van der Waals surface area contributed by atoms with Crippen LogP contribution in [0.2, 0.25) is 0 Å². The van der Waals surface area contributed by atoms with Crippen molar-refractivity contribution in [3.63, 3.8) is 0 Å². The molecule has 0 bridgehead atoms. The second-order valence-electron chi connectivity index (χ2n) is 4.69. The molecule has 1 aromatic rings. The summed E-state index contributed by atoms with van der Waals surface area (Å²) in [5.74, 6) is 0.418. The molecule has 2 rings (SSSR count). The minimum atomic E-state index is -0.106. The van der Waals surface area contributed by atoms with Crippen LogP contribution < -0.4 is 0 Å². The van der Waals surface area contributed by atoms with E-state index in [-0.39, 0.29) is 18.2 Å². The lowest BCUT2D eigenvalue weighted by atomic mass is 9.90. The van der Waals surface area contributed by atoms with Gasteiger partial charge in [-0.15, -0.1) is 12.4 Å². The quantitative estimate of drug-likeness (QED) is 0.795. The Kier molecular flexibility index (Phi) is 5.93. The zero-order valence-electron chi connectivity index (χ0n) is 10.4. The Labute approximate surface area is 109 Å². The lowest BCUT2D eigenvalue weighted by molar-refractivity contribution is 0.208. The van der Waals surface area contributed by atoms with E-state index in [2.05, 4.69) is 17.9 Å². The number of hydrogen-bond donors (Lipinski definition) is 0. The Bertz CT molecular complexity index is 341. The predicted octanol–water partition coefficient (Wildman–Crippen LogP) is 3.84. The number of halogens is 2. The first-order valence-electron chi connectivity index (χ1n) is 6.27. The number of piperidine rings is 1. The standard InChI is InChI=1S/C14H20FN.ClH/c1-2-8-16-9-4-6-13(11-16)12-5-3-7-14(15)10-12;/h3,5,7,10,13H,2,4,6,8-9,11H2,1H3;1H/t13-;/m1./s1. The van der Waals surface area contributed by atoms with Crippen molar-refractivity contribution in [1.82, 2.24) is 4.90 Å². The van der Waals surface area contributed by atoms with Crippen LogP contribution in [0.4, 0.5) is 4.39 Å². The van der Waals surface area contributed by atoms with Gasteiger partial charge in [-0.05, 0) is 56.0 Å².